The number of esters is 2. The van der Waals surface area contributed by atoms with Gasteiger partial charge in [0.05, 0.1) is 19.3 Å². The molecular weight excluding hydrogens is 200 g/mol. The van der Waals surface area contributed by atoms with Gasteiger partial charge in [-0.1, -0.05) is 0 Å². The van der Waals surface area contributed by atoms with E-state index in [0.29, 0.717) is 0 Å². The Kier molecular flexibility index (Phi) is 2.17. The number of rotatable bonds is 0. The number of ketones is 2. The van der Waals surface area contributed by atoms with Crippen molar-refractivity contribution in [2.24, 2.45) is 5.41 Å². The summed E-state index contributed by atoms with van der Waals surface area (Å²) in [6.45, 7) is 0. The molecule has 0 amide bonds. The van der Waals surface area contributed by atoms with Crippen LogP contribution in [0.3, 0.4) is 0 Å². The Balaban J connectivity index is 2.24. The van der Waals surface area contributed by atoms with Gasteiger partial charge in [0.2, 0.25) is 0 Å². The number of carbonyl (C=O) groups excluding carboxylic acids is 4. The van der Waals surface area contributed by atoms with Gasteiger partial charge in [0.25, 0.3) is 0 Å². The molecule has 15 heavy (non-hydrogen) atoms. The average Bonchev–Trinajstić information content (AvgIpc) is 1.96. The number of hydrogen-bond donors (Lipinski definition) is 0. The minimum absolute atomic E-state index is 0.00375. The molecule has 1 heterocycles. The van der Waals surface area contributed by atoms with E-state index in [2.05, 4.69) is 4.74 Å². The Bertz CT molecular complexity index is 296. The summed E-state index contributed by atoms with van der Waals surface area (Å²) in [5.74, 6) is -1.63. The zero-order valence-electron chi connectivity index (χ0n) is 8.08. The van der Waals surface area contributed by atoms with Crippen molar-refractivity contribution < 1.29 is 23.9 Å². The first-order chi connectivity index (χ1) is 6.99. The minimum Gasteiger partial charge on any atom is -0.393 e. The molecule has 1 saturated carbocycles. The van der Waals surface area contributed by atoms with Gasteiger partial charge >= 0.3 is 11.9 Å². The van der Waals surface area contributed by atoms with Crippen LogP contribution in [0.5, 0.6) is 0 Å². The molecule has 2 fully saturated rings. The minimum atomic E-state index is -0.779. The molecule has 0 unspecified atom stereocenters. The first-order valence-electron chi connectivity index (χ1n) is 4.76. The van der Waals surface area contributed by atoms with E-state index in [4.69, 9.17) is 0 Å². The molecule has 1 aliphatic carbocycles. The van der Waals surface area contributed by atoms with Crippen LogP contribution in [0.1, 0.15) is 32.1 Å². The third-order valence-corrected chi connectivity index (χ3v) is 2.81. The summed E-state index contributed by atoms with van der Waals surface area (Å²) in [4.78, 5) is 44.7. The van der Waals surface area contributed by atoms with Gasteiger partial charge in [0.1, 0.15) is 11.6 Å². The second kappa shape index (κ2) is 3.25. The number of hydrogen-bond acceptors (Lipinski definition) is 5. The van der Waals surface area contributed by atoms with Crippen LogP contribution in [0.4, 0.5) is 0 Å². The highest BCUT2D eigenvalue weighted by atomic mass is 16.6. The van der Waals surface area contributed by atoms with Crippen LogP contribution < -0.4 is 0 Å². The molecule has 2 aliphatic rings. The van der Waals surface area contributed by atoms with Gasteiger partial charge in [-0.05, 0) is 0 Å². The van der Waals surface area contributed by atoms with Gasteiger partial charge in [0.15, 0.2) is 0 Å². The average molecular weight is 210 g/mol. The molecule has 0 bridgehead atoms. The first-order valence-corrected chi connectivity index (χ1v) is 4.76. The molecule has 0 N–H and O–H groups in total. The van der Waals surface area contributed by atoms with Gasteiger partial charge in [-0.3, -0.25) is 19.2 Å². The van der Waals surface area contributed by atoms with E-state index < -0.39 is 17.4 Å². The highest BCUT2D eigenvalue weighted by Crippen LogP contribution is 2.42. The van der Waals surface area contributed by atoms with Crippen LogP contribution in [0.2, 0.25) is 0 Å². The maximum Gasteiger partial charge on any atom is 0.314 e. The highest BCUT2D eigenvalue weighted by molar-refractivity contribution is 6.04. The molecular formula is C10H10O5. The molecule has 0 aromatic carbocycles. The van der Waals surface area contributed by atoms with Crippen LogP contribution in [0.25, 0.3) is 0 Å². The molecule has 1 aliphatic heterocycles. The van der Waals surface area contributed by atoms with Crippen molar-refractivity contribution in [3.63, 3.8) is 0 Å². The van der Waals surface area contributed by atoms with Gasteiger partial charge in [-0.2, -0.15) is 0 Å². The highest BCUT2D eigenvalue weighted by Gasteiger charge is 2.46. The predicted octanol–water partition coefficient (Wildman–Crippen LogP) is 0.159. The van der Waals surface area contributed by atoms with Crippen molar-refractivity contribution in [1.29, 1.82) is 0 Å². The number of ether oxygens (including phenoxy) is 1. The monoisotopic (exact) mass is 210 g/mol. The lowest BCUT2D eigenvalue weighted by Crippen LogP contribution is -2.42. The van der Waals surface area contributed by atoms with Crippen molar-refractivity contribution in [1.82, 2.24) is 0 Å². The SMILES string of the molecule is O=C1CC(=O)CC2(C1)CC(=O)OC(=O)C2. The molecule has 1 spiro atoms. The maximum atomic E-state index is 11.3. The normalized spacial score (nSPS) is 25.6. The van der Waals surface area contributed by atoms with E-state index in [1.165, 1.54) is 0 Å². The van der Waals surface area contributed by atoms with E-state index in [9.17, 15) is 19.2 Å². The quantitative estimate of drug-likeness (QED) is 0.420. The smallest absolute Gasteiger partial charge is 0.314 e. The summed E-state index contributed by atoms with van der Waals surface area (Å²) < 4.78 is 4.38. The van der Waals surface area contributed by atoms with Gasteiger partial charge < -0.3 is 4.74 Å². The standard InChI is InChI=1S/C10H10O5/c11-6-1-7(12)3-10(2-6)4-8(13)15-9(14)5-10/h1-5H2. The maximum absolute atomic E-state index is 11.3. The predicted molar refractivity (Wildman–Crippen MR) is 46.6 cm³/mol. The molecule has 5 nitrogen and oxygen atoms in total. The summed E-state index contributed by atoms with van der Waals surface area (Å²) >= 11 is 0. The fraction of sp³-hybridized carbons (Fsp3) is 0.600. The van der Waals surface area contributed by atoms with E-state index in [-0.39, 0.29) is 43.7 Å². The Morgan fingerprint density at radius 2 is 1.27 bits per heavy atom. The molecule has 0 radical (unpaired) electrons. The first kappa shape index (κ1) is 10.0. The second-order valence-electron chi connectivity index (χ2n) is 4.31. The number of carbonyl (C=O) groups is 4. The van der Waals surface area contributed by atoms with Crippen molar-refractivity contribution >= 4 is 23.5 Å². The Morgan fingerprint density at radius 3 is 1.73 bits per heavy atom. The third kappa shape index (κ3) is 1.95. The zero-order chi connectivity index (χ0) is 11.1. The molecule has 0 aromatic rings. The van der Waals surface area contributed by atoms with Crippen molar-refractivity contribution in [3.05, 3.63) is 0 Å². The number of Topliss-reactive ketones (excluding diaryl/α,β-unsaturated/α-hetero) is 2. The van der Waals surface area contributed by atoms with E-state index in [1.807, 2.05) is 0 Å². The van der Waals surface area contributed by atoms with Crippen LogP contribution >= 0.6 is 0 Å². The van der Waals surface area contributed by atoms with E-state index in [0.717, 1.165) is 0 Å². The van der Waals surface area contributed by atoms with Gasteiger partial charge in [-0.25, -0.2) is 0 Å². The summed E-state index contributed by atoms with van der Waals surface area (Å²) in [5.41, 5.74) is -0.779. The van der Waals surface area contributed by atoms with Crippen molar-refractivity contribution in [2.75, 3.05) is 0 Å². The van der Waals surface area contributed by atoms with E-state index >= 15 is 0 Å². The lowest BCUT2D eigenvalue weighted by molar-refractivity contribution is -0.170. The Morgan fingerprint density at radius 1 is 0.800 bits per heavy atom. The number of cyclic esters (lactones) is 2. The third-order valence-electron chi connectivity index (χ3n) is 2.81. The molecule has 0 atom stereocenters. The molecule has 2 rings (SSSR count). The van der Waals surface area contributed by atoms with E-state index in [1.54, 1.807) is 0 Å². The topological polar surface area (TPSA) is 77.5 Å². The summed E-state index contributed by atoms with van der Waals surface area (Å²) in [6.07, 6.45) is 0.205. The van der Waals surface area contributed by atoms with Crippen LogP contribution in [-0.4, -0.2) is 23.5 Å². The molecule has 5 heteroatoms. The molecule has 1 saturated heterocycles. The summed E-state index contributed by atoms with van der Waals surface area (Å²) in [7, 11) is 0. The zero-order valence-corrected chi connectivity index (χ0v) is 8.08. The lowest BCUT2D eigenvalue weighted by Gasteiger charge is -2.36. The fourth-order valence-electron chi connectivity index (χ4n) is 2.37. The molecule has 80 valence electrons. The van der Waals surface area contributed by atoms with Crippen molar-refractivity contribution in [2.45, 2.75) is 32.1 Å². The summed E-state index contributed by atoms with van der Waals surface area (Å²) in [6, 6.07) is 0. The molecule has 0 aromatic heterocycles. The summed E-state index contributed by atoms with van der Waals surface area (Å²) in [5, 5.41) is 0. The second-order valence-corrected chi connectivity index (χ2v) is 4.31. The Hall–Kier alpha value is -1.52. The largest absolute Gasteiger partial charge is 0.393 e. The van der Waals surface area contributed by atoms with Crippen LogP contribution in [-0.2, 0) is 23.9 Å². The van der Waals surface area contributed by atoms with Gasteiger partial charge in [-0.15, -0.1) is 0 Å². The fourth-order valence-corrected chi connectivity index (χ4v) is 2.37. The van der Waals surface area contributed by atoms with Crippen LogP contribution in [0.15, 0.2) is 0 Å². The lowest BCUT2D eigenvalue weighted by atomic mass is 9.68. The van der Waals surface area contributed by atoms with Crippen molar-refractivity contribution in [3.8, 4) is 0 Å². The Labute approximate surface area is 85.8 Å². The van der Waals surface area contributed by atoms with Crippen LogP contribution in [0, 0.1) is 5.41 Å². The van der Waals surface area contributed by atoms with Gasteiger partial charge in [0, 0.05) is 18.3 Å².